The second kappa shape index (κ2) is 4.08. The van der Waals surface area contributed by atoms with Crippen molar-refractivity contribution in [2.75, 3.05) is 5.73 Å². The molecule has 0 saturated heterocycles. The average Bonchev–Trinajstić information content (AvgIpc) is 2.67. The van der Waals surface area contributed by atoms with Crippen molar-refractivity contribution in [3.05, 3.63) is 18.0 Å². The Hall–Kier alpha value is -1.92. The van der Waals surface area contributed by atoms with Gasteiger partial charge in [0.2, 0.25) is 0 Å². The molecule has 4 nitrogen and oxygen atoms in total. The highest BCUT2D eigenvalue weighted by Gasteiger charge is 2.36. The van der Waals surface area contributed by atoms with Gasteiger partial charge in [-0.3, -0.25) is 0 Å². The number of nitrogen functional groups attached to an aromatic ring is 1. The first-order valence-corrected chi connectivity index (χ1v) is 5.39. The fraction of sp³-hybridized carbons (Fsp3) is 0.364. The number of halogens is 3. The number of fused-ring (bicyclic) bond motifs is 1. The number of phenolic OH excluding ortho intramolecular Hbond substituents is 1. The Morgan fingerprint density at radius 1 is 1.44 bits per heavy atom. The van der Waals surface area contributed by atoms with Gasteiger partial charge in [0.25, 0.3) is 0 Å². The largest absolute Gasteiger partial charge is 0.505 e. The summed E-state index contributed by atoms with van der Waals surface area (Å²) in [6.07, 6.45) is -2.49. The quantitative estimate of drug-likeness (QED) is 0.643. The van der Waals surface area contributed by atoms with E-state index in [9.17, 15) is 18.3 Å². The molecule has 0 amide bonds. The third-order valence-electron chi connectivity index (χ3n) is 2.66. The molecule has 0 aliphatic carbocycles. The predicted molar refractivity (Wildman–Crippen MR) is 61.1 cm³/mol. The third kappa shape index (κ3) is 1.85. The minimum atomic E-state index is -4.65. The van der Waals surface area contributed by atoms with Crippen molar-refractivity contribution in [2.45, 2.75) is 26.1 Å². The SMILES string of the molecule is CCCn1cnc2c(O)c(C(F)(F)F)cc(N)c21. The molecule has 7 heteroatoms. The fourth-order valence-corrected chi connectivity index (χ4v) is 1.90. The number of hydrogen-bond acceptors (Lipinski definition) is 3. The molecule has 1 heterocycles. The Morgan fingerprint density at radius 3 is 2.67 bits per heavy atom. The standard InChI is InChI=1S/C11H12F3N3O/c1-2-3-17-5-16-8-9(17)7(15)4-6(10(8)18)11(12,13)14/h4-5,18H,2-3,15H2,1H3. The number of nitrogens with two attached hydrogens (primary N) is 1. The van der Waals surface area contributed by atoms with Gasteiger partial charge >= 0.3 is 6.18 Å². The molecule has 2 aromatic rings. The lowest BCUT2D eigenvalue weighted by Gasteiger charge is -2.12. The van der Waals surface area contributed by atoms with E-state index in [0.717, 1.165) is 12.5 Å². The van der Waals surface area contributed by atoms with E-state index in [1.54, 1.807) is 4.57 Å². The van der Waals surface area contributed by atoms with Gasteiger partial charge in [0.15, 0.2) is 5.75 Å². The van der Waals surface area contributed by atoms with Gasteiger partial charge in [0, 0.05) is 6.54 Å². The van der Waals surface area contributed by atoms with Crippen LogP contribution in [0, 0.1) is 0 Å². The number of alkyl halides is 3. The van der Waals surface area contributed by atoms with E-state index in [2.05, 4.69) is 4.98 Å². The molecule has 0 spiro atoms. The first-order chi connectivity index (χ1) is 8.36. The molecule has 0 fully saturated rings. The lowest BCUT2D eigenvalue weighted by Crippen LogP contribution is -2.07. The number of imidazole rings is 1. The Kier molecular flexibility index (Phi) is 2.84. The lowest BCUT2D eigenvalue weighted by atomic mass is 10.1. The van der Waals surface area contributed by atoms with Crippen molar-refractivity contribution in [3.63, 3.8) is 0 Å². The van der Waals surface area contributed by atoms with Crippen LogP contribution in [0.2, 0.25) is 0 Å². The van der Waals surface area contributed by atoms with Gasteiger partial charge in [-0.05, 0) is 12.5 Å². The maximum atomic E-state index is 12.7. The zero-order chi connectivity index (χ0) is 13.5. The maximum Gasteiger partial charge on any atom is 0.420 e. The van der Waals surface area contributed by atoms with Crippen LogP contribution >= 0.6 is 0 Å². The first kappa shape index (κ1) is 12.5. The van der Waals surface area contributed by atoms with Gasteiger partial charge in [-0.2, -0.15) is 13.2 Å². The molecule has 0 aliphatic rings. The molecule has 0 atom stereocenters. The van der Waals surface area contributed by atoms with E-state index in [0.29, 0.717) is 12.1 Å². The van der Waals surface area contributed by atoms with Crippen LogP contribution in [0.4, 0.5) is 18.9 Å². The van der Waals surface area contributed by atoms with Crippen LogP contribution in [-0.4, -0.2) is 14.7 Å². The normalized spacial score (nSPS) is 12.2. The Morgan fingerprint density at radius 2 is 2.11 bits per heavy atom. The number of benzene rings is 1. The summed E-state index contributed by atoms with van der Waals surface area (Å²) >= 11 is 0. The molecule has 0 aliphatic heterocycles. The molecule has 0 bridgehead atoms. The van der Waals surface area contributed by atoms with Gasteiger partial charge in [-0.1, -0.05) is 6.92 Å². The van der Waals surface area contributed by atoms with Crippen LogP contribution in [0.1, 0.15) is 18.9 Å². The highest BCUT2D eigenvalue weighted by atomic mass is 19.4. The Labute approximate surface area is 101 Å². The molecule has 2 rings (SSSR count). The number of phenols is 1. The summed E-state index contributed by atoms with van der Waals surface area (Å²) in [7, 11) is 0. The van der Waals surface area contributed by atoms with Gasteiger partial charge < -0.3 is 15.4 Å². The summed E-state index contributed by atoms with van der Waals surface area (Å²) in [5.74, 6) is -0.874. The number of aryl methyl sites for hydroxylation is 1. The van der Waals surface area contributed by atoms with Crippen molar-refractivity contribution in [1.82, 2.24) is 9.55 Å². The van der Waals surface area contributed by atoms with Gasteiger partial charge in [-0.25, -0.2) is 4.98 Å². The minimum absolute atomic E-state index is 0.0407. The van der Waals surface area contributed by atoms with Crippen molar-refractivity contribution < 1.29 is 18.3 Å². The molecule has 3 N–H and O–H groups in total. The van der Waals surface area contributed by atoms with Crippen LogP contribution in [0.15, 0.2) is 12.4 Å². The van der Waals surface area contributed by atoms with Crippen LogP contribution < -0.4 is 5.73 Å². The zero-order valence-electron chi connectivity index (χ0n) is 9.62. The van der Waals surface area contributed by atoms with E-state index < -0.39 is 17.5 Å². The Bertz CT molecular complexity index is 589. The monoisotopic (exact) mass is 259 g/mol. The molecule has 0 unspecified atom stereocenters. The molecule has 1 aromatic carbocycles. The van der Waals surface area contributed by atoms with E-state index in [1.165, 1.54) is 6.33 Å². The van der Waals surface area contributed by atoms with Gasteiger partial charge in [0.1, 0.15) is 11.1 Å². The highest BCUT2D eigenvalue weighted by Crippen LogP contribution is 2.41. The van der Waals surface area contributed by atoms with E-state index >= 15 is 0 Å². The van der Waals surface area contributed by atoms with Gasteiger partial charge in [-0.15, -0.1) is 0 Å². The topological polar surface area (TPSA) is 64.1 Å². The van der Waals surface area contributed by atoms with Crippen molar-refractivity contribution in [3.8, 4) is 5.75 Å². The van der Waals surface area contributed by atoms with Crippen LogP contribution in [0.3, 0.4) is 0 Å². The molecule has 98 valence electrons. The maximum absolute atomic E-state index is 12.7. The lowest BCUT2D eigenvalue weighted by molar-refractivity contribution is -0.138. The molecule has 18 heavy (non-hydrogen) atoms. The number of rotatable bonds is 2. The summed E-state index contributed by atoms with van der Waals surface area (Å²) in [5, 5.41) is 9.64. The Balaban J connectivity index is 2.74. The zero-order valence-corrected chi connectivity index (χ0v) is 9.62. The van der Waals surface area contributed by atoms with E-state index in [1.807, 2.05) is 6.92 Å². The third-order valence-corrected chi connectivity index (χ3v) is 2.66. The minimum Gasteiger partial charge on any atom is -0.505 e. The van der Waals surface area contributed by atoms with Crippen LogP contribution in [0.5, 0.6) is 5.75 Å². The predicted octanol–water partition coefficient (Wildman–Crippen LogP) is 2.75. The fourth-order valence-electron chi connectivity index (χ4n) is 1.90. The number of aromatic hydroxyl groups is 1. The van der Waals surface area contributed by atoms with Crippen LogP contribution in [0.25, 0.3) is 11.0 Å². The molecular formula is C11H12F3N3O. The molecule has 0 radical (unpaired) electrons. The summed E-state index contributed by atoms with van der Waals surface area (Å²) in [4.78, 5) is 3.80. The highest BCUT2D eigenvalue weighted by molar-refractivity contribution is 5.93. The summed E-state index contributed by atoms with van der Waals surface area (Å²) in [5.41, 5.74) is 4.65. The van der Waals surface area contributed by atoms with E-state index in [-0.39, 0.29) is 11.2 Å². The number of nitrogens with zero attached hydrogens (tertiary/aromatic N) is 2. The number of anilines is 1. The average molecular weight is 259 g/mol. The molecule has 1 aromatic heterocycles. The van der Waals surface area contributed by atoms with Crippen molar-refractivity contribution >= 4 is 16.7 Å². The summed E-state index contributed by atoms with van der Waals surface area (Å²) < 4.78 is 39.6. The smallest absolute Gasteiger partial charge is 0.420 e. The van der Waals surface area contributed by atoms with Crippen LogP contribution in [-0.2, 0) is 12.7 Å². The second-order valence-corrected chi connectivity index (χ2v) is 3.99. The number of aromatic nitrogens is 2. The van der Waals surface area contributed by atoms with Crippen molar-refractivity contribution in [1.29, 1.82) is 0 Å². The number of hydrogen-bond donors (Lipinski definition) is 2. The second-order valence-electron chi connectivity index (χ2n) is 3.99. The van der Waals surface area contributed by atoms with E-state index in [4.69, 9.17) is 5.73 Å². The molecule has 0 saturated carbocycles. The summed E-state index contributed by atoms with van der Waals surface area (Å²) in [6, 6.07) is 0.742. The molecular weight excluding hydrogens is 247 g/mol. The summed E-state index contributed by atoms with van der Waals surface area (Å²) in [6.45, 7) is 2.50. The first-order valence-electron chi connectivity index (χ1n) is 5.39. The van der Waals surface area contributed by atoms with Crippen molar-refractivity contribution in [2.24, 2.45) is 0 Å². The van der Waals surface area contributed by atoms with Gasteiger partial charge in [0.05, 0.1) is 17.5 Å².